The fraction of sp³-hybridized carbons (Fsp3) is 0.154. The molecule has 0 spiro atoms. The second-order valence-electron chi connectivity index (χ2n) is 3.78. The van der Waals surface area contributed by atoms with E-state index >= 15 is 0 Å². The van der Waals surface area contributed by atoms with Gasteiger partial charge in [0.25, 0.3) is 0 Å². The number of nitrogens with two attached hydrogens (primary N) is 1. The van der Waals surface area contributed by atoms with Gasteiger partial charge in [-0.2, -0.15) is 0 Å². The van der Waals surface area contributed by atoms with Crippen molar-refractivity contribution in [3.05, 3.63) is 54.2 Å². The van der Waals surface area contributed by atoms with Crippen LogP contribution in [0.15, 0.2) is 48.7 Å². The van der Waals surface area contributed by atoms with E-state index < -0.39 is 6.10 Å². The van der Waals surface area contributed by atoms with Gasteiger partial charge in [-0.05, 0) is 17.7 Å². The largest absolute Gasteiger partial charge is 0.397 e. The van der Waals surface area contributed by atoms with Gasteiger partial charge in [0.05, 0.1) is 18.0 Å². The summed E-state index contributed by atoms with van der Waals surface area (Å²) < 4.78 is 0. The number of nitrogens with zero attached hydrogens (tertiary/aromatic N) is 1. The van der Waals surface area contributed by atoms with Crippen LogP contribution in [0.3, 0.4) is 0 Å². The standard InChI is InChI=1S/C13H15N3O/c14-11-6-7-13(15-8-11)16-9-12(17)10-4-2-1-3-5-10/h1-8,12,17H,9,14H2,(H,15,16). The molecule has 0 bridgehead atoms. The molecule has 1 unspecified atom stereocenters. The van der Waals surface area contributed by atoms with Crippen molar-refractivity contribution in [2.24, 2.45) is 0 Å². The van der Waals surface area contributed by atoms with E-state index in [-0.39, 0.29) is 0 Å². The maximum Gasteiger partial charge on any atom is 0.126 e. The number of aromatic nitrogens is 1. The molecule has 1 heterocycles. The SMILES string of the molecule is Nc1ccc(NCC(O)c2ccccc2)nc1. The van der Waals surface area contributed by atoms with Gasteiger partial charge < -0.3 is 16.2 Å². The normalized spacial score (nSPS) is 12.1. The highest BCUT2D eigenvalue weighted by Gasteiger charge is 2.06. The quantitative estimate of drug-likeness (QED) is 0.747. The number of anilines is 2. The Labute approximate surface area is 100 Å². The molecule has 4 nitrogen and oxygen atoms in total. The van der Waals surface area contributed by atoms with Gasteiger partial charge >= 0.3 is 0 Å². The van der Waals surface area contributed by atoms with E-state index in [0.29, 0.717) is 18.1 Å². The molecule has 0 aliphatic heterocycles. The first-order valence-corrected chi connectivity index (χ1v) is 5.44. The molecule has 0 fully saturated rings. The molecular weight excluding hydrogens is 214 g/mol. The molecule has 0 saturated heterocycles. The van der Waals surface area contributed by atoms with Crippen LogP contribution in [0, 0.1) is 0 Å². The Kier molecular flexibility index (Phi) is 3.57. The first-order chi connectivity index (χ1) is 8.25. The van der Waals surface area contributed by atoms with Crippen LogP contribution in [-0.2, 0) is 0 Å². The molecule has 2 aromatic rings. The van der Waals surface area contributed by atoms with Gasteiger partial charge in [0.15, 0.2) is 0 Å². The van der Waals surface area contributed by atoms with Crippen molar-refractivity contribution in [3.63, 3.8) is 0 Å². The molecule has 0 saturated carbocycles. The van der Waals surface area contributed by atoms with Gasteiger partial charge in [0, 0.05) is 6.54 Å². The number of aliphatic hydroxyl groups excluding tert-OH is 1. The lowest BCUT2D eigenvalue weighted by Crippen LogP contribution is -2.12. The summed E-state index contributed by atoms with van der Waals surface area (Å²) in [5.41, 5.74) is 7.04. The summed E-state index contributed by atoms with van der Waals surface area (Å²) >= 11 is 0. The van der Waals surface area contributed by atoms with Crippen molar-refractivity contribution in [2.45, 2.75) is 6.10 Å². The summed E-state index contributed by atoms with van der Waals surface area (Å²) in [7, 11) is 0. The van der Waals surface area contributed by atoms with Crippen LogP contribution in [0.25, 0.3) is 0 Å². The number of rotatable bonds is 4. The topological polar surface area (TPSA) is 71.2 Å². The number of pyridine rings is 1. The van der Waals surface area contributed by atoms with Crippen molar-refractivity contribution in [1.29, 1.82) is 0 Å². The lowest BCUT2D eigenvalue weighted by Gasteiger charge is -2.12. The number of hydrogen-bond acceptors (Lipinski definition) is 4. The zero-order valence-corrected chi connectivity index (χ0v) is 9.38. The van der Waals surface area contributed by atoms with Crippen LogP contribution in [0.5, 0.6) is 0 Å². The van der Waals surface area contributed by atoms with Crippen molar-refractivity contribution >= 4 is 11.5 Å². The Bertz CT molecular complexity index is 456. The number of hydrogen-bond donors (Lipinski definition) is 3. The van der Waals surface area contributed by atoms with E-state index in [9.17, 15) is 5.11 Å². The number of benzene rings is 1. The molecule has 17 heavy (non-hydrogen) atoms. The van der Waals surface area contributed by atoms with E-state index in [1.807, 2.05) is 30.3 Å². The molecule has 1 aromatic heterocycles. The lowest BCUT2D eigenvalue weighted by molar-refractivity contribution is 0.191. The molecule has 4 heteroatoms. The van der Waals surface area contributed by atoms with E-state index in [1.165, 1.54) is 0 Å². The van der Waals surface area contributed by atoms with Gasteiger partial charge in [-0.3, -0.25) is 0 Å². The Morgan fingerprint density at radius 3 is 2.59 bits per heavy atom. The Balaban J connectivity index is 1.92. The minimum atomic E-state index is -0.546. The first-order valence-electron chi connectivity index (χ1n) is 5.44. The first kappa shape index (κ1) is 11.4. The highest BCUT2D eigenvalue weighted by atomic mass is 16.3. The molecular formula is C13H15N3O. The van der Waals surface area contributed by atoms with Crippen molar-refractivity contribution in [3.8, 4) is 0 Å². The third-order valence-corrected chi connectivity index (χ3v) is 2.45. The van der Waals surface area contributed by atoms with E-state index in [1.54, 1.807) is 18.3 Å². The molecule has 0 radical (unpaired) electrons. The zero-order chi connectivity index (χ0) is 12.1. The molecule has 2 rings (SSSR count). The van der Waals surface area contributed by atoms with Crippen LogP contribution in [0.2, 0.25) is 0 Å². The smallest absolute Gasteiger partial charge is 0.126 e. The lowest BCUT2D eigenvalue weighted by atomic mass is 10.1. The highest BCUT2D eigenvalue weighted by Crippen LogP contribution is 2.13. The predicted molar refractivity (Wildman–Crippen MR) is 68.5 cm³/mol. The average molecular weight is 229 g/mol. The molecule has 0 amide bonds. The summed E-state index contributed by atoms with van der Waals surface area (Å²) in [6, 6.07) is 13.1. The summed E-state index contributed by atoms with van der Waals surface area (Å²) in [5, 5.41) is 13.0. The molecule has 0 aliphatic rings. The maximum absolute atomic E-state index is 9.92. The summed E-state index contributed by atoms with van der Waals surface area (Å²) in [6.07, 6.45) is 1.03. The third-order valence-electron chi connectivity index (χ3n) is 2.45. The zero-order valence-electron chi connectivity index (χ0n) is 9.38. The van der Waals surface area contributed by atoms with Crippen LogP contribution in [0.1, 0.15) is 11.7 Å². The van der Waals surface area contributed by atoms with Crippen molar-refractivity contribution < 1.29 is 5.11 Å². The minimum absolute atomic E-state index is 0.418. The second kappa shape index (κ2) is 5.32. The summed E-state index contributed by atoms with van der Waals surface area (Å²) in [4.78, 5) is 4.10. The molecule has 0 aliphatic carbocycles. The molecule has 4 N–H and O–H groups in total. The van der Waals surface area contributed by atoms with E-state index in [4.69, 9.17) is 5.73 Å². The summed E-state index contributed by atoms with van der Waals surface area (Å²) in [6.45, 7) is 0.418. The fourth-order valence-electron chi connectivity index (χ4n) is 1.50. The summed E-state index contributed by atoms with van der Waals surface area (Å²) in [5.74, 6) is 0.703. The van der Waals surface area contributed by atoms with Gasteiger partial charge in [0.1, 0.15) is 5.82 Å². The van der Waals surface area contributed by atoms with Crippen LogP contribution < -0.4 is 11.1 Å². The van der Waals surface area contributed by atoms with E-state index in [0.717, 1.165) is 5.56 Å². The van der Waals surface area contributed by atoms with Crippen LogP contribution in [-0.4, -0.2) is 16.6 Å². The second-order valence-corrected chi connectivity index (χ2v) is 3.78. The molecule has 1 aromatic carbocycles. The molecule has 88 valence electrons. The number of nitrogens with one attached hydrogen (secondary N) is 1. The van der Waals surface area contributed by atoms with Crippen LogP contribution in [0.4, 0.5) is 11.5 Å². The highest BCUT2D eigenvalue weighted by molar-refractivity contribution is 5.43. The van der Waals surface area contributed by atoms with Crippen molar-refractivity contribution in [1.82, 2.24) is 4.98 Å². The monoisotopic (exact) mass is 229 g/mol. The Hall–Kier alpha value is -2.07. The third kappa shape index (κ3) is 3.19. The van der Waals surface area contributed by atoms with Gasteiger partial charge in [0.2, 0.25) is 0 Å². The van der Waals surface area contributed by atoms with Crippen LogP contribution >= 0.6 is 0 Å². The van der Waals surface area contributed by atoms with Gasteiger partial charge in [-0.25, -0.2) is 4.98 Å². The minimum Gasteiger partial charge on any atom is -0.397 e. The van der Waals surface area contributed by atoms with Gasteiger partial charge in [-0.15, -0.1) is 0 Å². The molecule has 1 atom stereocenters. The fourth-order valence-corrected chi connectivity index (χ4v) is 1.50. The Morgan fingerprint density at radius 2 is 1.94 bits per heavy atom. The van der Waals surface area contributed by atoms with Gasteiger partial charge in [-0.1, -0.05) is 30.3 Å². The number of nitrogen functional groups attached to an aromatic ring is 1. The average Bonchev–Trinajstić information content (AvgIpc) is 2.39. The Morgan fingerprint density at radius 1 is 1.18 bits per heavy atom. The maximum atomic E-state index is 9.92. The van der Waals surface area contributed by atoms with Crippen molar-refractivity contribution in [2.75, 3.05) is 17.6 Å². The predicted octanol–water partition coefficient (Wildman–Crippen LogP) is 1.81. The van der Waals surface area contributed by atoms with E-state index in [2.05, 4.69) is 10.3 Å². The number of aliphatic hydroxyl groups is 1.